The lowest BCUT2D eigenvalue weighted by atomic mass is 9.98. The smallest absolute Gasteiger partial charge is 0.117 e. The summed E-state index contributed by atoms with van der Waals surface area (Å²) in [6.07, 6.45) is 16.1. The molecule has 5 rings (SSSR count). The van der Waals surface area contributed by atoms with Gasteiger partial charge in [0, 0.05) is 11.4 Å². The average Bonchev–Trinajstić information content (AvgIpc) is 3.77. The van der Waals surface area contributed by atoms with Crippen LogP contribution in [0.4, 0.5) is 0 Å². The molecule has 0 saturated heterocycles. The van der Waals surface area contributed by atoms with E-state index in [1.807, 2.05) is 0 Å². The van der Waals surface area contributed by atoms with Crippen LogP contribution in [0.1, 0.15) is 126 Å². The Kier molecular flexibility index (Phi) is 9.61. The minimum Gasteiger partial charge on any atom is -0.348 e. The second kappa shape index (κ2) is 13.6. The number of hydrogen-bond donors (Lipinski definition) is 2. The van der Waals surface area contributed by atoms with Gasteiger partial charge < -0.3 is 9.97 Å². The lowest BCUT2D eigenvalue weighted by molar-refractivity contribution is 1.05. The summed E-state index contributed by atoms with van der Waals surface area (Å²) in [5.74, 6) is 7.07. The van der Waals surface area contributed by atoms with Crippen LogP contribution in [-0.2, 0) is 25.7 Å². The van der Waals surface area contributed by atoms with Crippen molar-refractivity contribution in [2.75, 3.05) is 0 Å². The van der Waals surface area contributed by atoms with Gasteiger partial charge in [0.05, 0.1) is 22.8 Å². The summed E-state index contributed by atoms with van der Waals surface area (Å²) in [6, 6.07) is 0. The summed E-state index contributed by atoms with van der Waals surface area (Å²) in [6.45, 7) is 17.7. The maximum Gasteiger partial charge on any atom is 0.117 e. The van der Waals surface area contributed by atoms with Gasteiger partial charge in [0.2, 0.25) is 0 Å². The molecular weight excluding hydrogens is 536 g/mol. The van der Waals surface area contributed by atoms with Crippen LogP contribution in [0.2, 0.25) is 0 Å². The van der Waals surface area contributed by atoms with Crippen molar-refractivity contribution in [2.24, 2.45) is 9.98 Å². The average molecular weight is 583 g/mol. The lowest BCUT2D eigenvalue weighted by Crippen LogP contribution is -1.96. The van der Waals surface area contributed by atoms with Gasteiger partial charge in [0.15, 0.2) is 0 Å². The van der Waals surface area contributed by atoms with Crippen molar-refractivity contribution >= 4 is 23.6 Å². The third kappa shape index (κ3) is 5.55. The molecule has 2 aromatic heterocycles. The number of aromatic nitrogens is 2. The molecule has 3 aliphatic rings. The number of hydrogen-bond acceptors (Lipinski definition) is 2. The molecule has 0 aliphatic carbocycles. The molecule has 0 amide bonds. The number of nitrogens with one attached hydrogen (secondary N) is 2. The van der Waals surface area contributed by atoms with E-state index in [0.29, 0.717) is 0 Å². The Balaban J connectivity index is 1.82. The van der Waals surface area contributed by atoms with Gasteiger partial charge in [0.25, 0.3) is 0 Å². The number of aliphatic imine (C=N–C) groups is 2. The molecule has 0 spiro atoms. The summed E-state index contributed by atoms with van der Waals surface area (Å²) in [4.78, 5) is 17.5. The van der Waals surface area contributed by atoms with Crippen LogP contribution in [0, 0.1) is 11.8 Å². The highest BCUT2D eigenvalue weighted by Crippen LogP contribution is 2.33. The van der Waals surface area contributed by atoms with Crippen LogP contribution in [-0.4, -0.2) is 21.4 Å². The zero-order chi connectivity index (χ0) is 31.4. The van der Waals surface area contributed by atoms with Crippen LogP contribution in [0.3, 0.4) is 0 Å². The fraction of sp³-hybridized carbons (Fsp3) is 0.400. The van der Waals surface area contributed by atoms with Gasteiger partial charge in [-0.25, -0.2) is 9.98 Å². The summed E-state index contributed by atoms with van der Waals surface area (Å²) in [7, 11) is 0. The molecule has 0 unspecified atom stereocenters. The highest BCUT2D eigenvalue weighted by molar-refractivity contribution is 6.14. The van der Waals surface area contributed by atoms with E-state index in [-0.39, 0.29) is 0 Å². The molecule has 8 bridgehead atoms. The molecule has 0 aromatic carbocycles. The number of aromatic amines is 2. The Morgan fingerprint density at radius 1 is 0.455 bits per heavy atom. The standard InChI is InChI=1S/C40H46N4/c1-9-25-26(10-2)34-19-20-36-29(13-5)30(14-6)38(43-36)23-24-40-32(16-8)31(15-7)39(44-40)22-21-37-28(12-4)27(11-3)35(42-37)18-17-33(25)41-34/h17-18,23-24,41,43H,9-16H2,1-8H3. The van der Waals surface area contributed by atoms with Crippen LogP contribution < -0.4 is 0 Å². The first-order valence-corrected chi connectivity index (χ1v) is 16.7. The van der Waals surface area contributed by atoms with Gasteiger partial charge in [0.1, 0.15) is 11.4 Å². The van der Waals surface area contributed by atoms with Gasteiger partial charge in [-0.2, -0.15) is 0 Å². The number of nitrogens with zero attached hydrogens (tertiary/aromatic N) is 2. The van der Waals surface area contributed by atoms with Crippen molar-refractivity contribution in [2.45, 2.75) is 107 Å². The monoisotopic (exact) mass is 582 g/mol. The maximum atomic E-state index is 5.09. The van der Waals surface area contributed by atoms with Crippen molar-refractivity contribution in [3.8, 4) is 11.8 Å². The van der Waals surface area contributed by atoms with E-state index in [2.05, 4.69) is 113 Å². The topological polar surface area (TPSA) is 56.3 Å². The molecule has 0 radical (unpaired) electrons. The molecule has 4 heteroatoms. The van der Waals surface area contributed by atoms with Crippen LogP contribution >= 0.6 is 0 Å². The molecule has 4 nitrogen and oxygen atoms in total. The first-order chi connectivity index (χ1) is 21.5. The summed E-state index contributed by atoms with van der Waals surface area (Å²) in [5.41, 5.74) is 25.3. The third-order valence-corrected chi connectivity index (χ3v) is 9.14. The van der Waals surface area contributed by atoms with E-state index in [1.165, 1.54) is 44.5 Å². The third-order valence-electron chi connectivity index (χ3n) is 9.14. The minimum absolute atomic E-state index is 0.875. The quantitative estimate of drug-likeness (QED) is 0.230. The van der Waals surface area contributed by atoms with Crippen molar-refractivity contribution in [3.63, 3.8) is 0 Å². The van der Waals surface area contributed by atoms with Crippen LogP contribution in [0.15, 0.2) is 67.3 Å². The lowest BCUT2D eigenvalue weighted by Gasteiger charge is -2.03. The predicted octanol–water partition coefficient (Wildman–Crippen LogP) is 9.70. The van der Waals surface area contributed by atoms with Gasteiger partial charge >= 0.3 is 0 Å². The highest BCUT2D eigenvalue weighted by Gasteiger charge is 2.22. The Hall–Kier alpha value is -4.28. The van der Waals surface area contributed by atoms with Crippen molar-refractivity contribution in [1.82, 2.24) is 9.97 Å². The van der Waals surface area contributed by atoms with Crippen molar-refractivity contribution in [3.05, 3.63) is 102 Å². The Labute approximate surface area is 264 Å². The second-order valence-corrected chi connectivity index (χ2v) is 11.3. The molecule has 0 fully saturated rings. The molecule has 0 atom stereocenters. The van der Waals surface area contributed by atoms with Crippen molar-refractivity contribution < 1.29 is 0 Å². The van der Waals surface area contributed by atoms with E-state index >= 15 is 0 Å². The first kappa shape index (κ1) is 31.2. The van der Waals surface area contributed by atoms with E-state index < -0.39 is 0 Å². The zero-order valence-electron chi connectivity index (χ0n) is 27.9. The summed E-state index contributed by atoms with van der Waals surface area (Å²) >= 11 is 0. The largest absolute Gasteiger partial charge is 0.348 e. The highest BCUT2D eigenvalue weighted by atomic mass is 14.8. The van der Waals surface area contributed by atoms with Gasteiger partial charge in [-0.1, -0.05) is 55.4 Å². The zero-order valence-corrected chi connectivity index (χ0v) is 27.9. The number of rotatable bonds is 8. The number of allylic oxidation sites excluding steroid dienone is 6. The van der Waals surface area contributed by atoms with E-state index in [4.69, 9.17) is 9.98 Å². The normalized spacial score (nSPS) is 15.8. The van der Waals surface area contributed by atoms with Gasteiger partial charge in [-0.15, -0.1) is 0 Å². The fourth-order valence-electron chi connectivity index (χ4n) is 6.99. The Morgan fingerprint density at radius 3 is 1.14 bits per heavy atom. The van der Waals surface area contributed by atoms with Crippen LogP contribution in [0.5, 0.6) is 0 Å². The predicted molar refractivity (Wildman–Crippen MR) is 187 cm³/mol. The van der Waals surface area contributed by atoms with E-state index in [1.54, 1.807) is 0 Å². The number of H-pyrrole nitrogens is 2. The molecule has 0 saturated carbocycles. The van der Waals surface area contributed by atoms with Crippen molar-refractivity contribution in [1.29, 1.82) is 0 Å². The SMILES string of the molecule is CCC1=C(CC)C2=NC1=C=C=C1N=C(C=Cc3[nH]c(c(CC)c3CC)C#Cc3[nH]c(c(CC)c3CC)C=C2)C(CC)=C1CC. The van der Waals surface area contributed by atoms with Gasteiger partial charge in [-0.05, 0) is 144 Å². The molecular formula is C40H46N4. The molecule has 2 N–H and O–H groups in total. The molecule has 2 aromatic rings. The fourth-order valence-corrected chi connectivity index (χ4v) is 6.99. The number of fused-ring (bicyclic) bond motifs is 6. The first-order valence-electron chi connectivity index (χ1n) is 16.7. The summed E-state index contributed by atoms with van der Waals surface area (Å²) in [5, 5.41) is 0. The summed E-state index contributed by atoms with van der Waals surface area (Å²) < 4.78 is 0. The minimum atomic E-state index is 0.875. The van der Waals surface area contributed by atoms with E-state index in [0.717, 1.165) is 97.0 Å². The Bertz CT molecular complexity index is 1710. The molecule has 44 heavy (non-hydrogen) atoms. The van der Waals surface area contributed by atoms with Crippen LogP contribution in [0.25, 0.3) is 12.2 Å². The Morgan fingerprint density at radius 2 is 0.818 bits per heavy atom. The molecule has 226 valence electrons. The van der Waals surface area contributed by atoms with Gasteiger partial charge in [-0.3, -0.25) is 0 Å². The molecule has 3 aliphatic heterocycles. The van der Waals surface area contributed by atoms with E-state index in [9.17, 15) is 0 Å². The maximum absolute atomic E-state index is 5.09. The second-order valence-electron chi connectivity index (χ2n) is 11.3. The molecule has 5 heterocycles.